The zero-order valence-corrected chi connectivity index (χ0v) is 11.2. The Labute approximate surface area is 111 Å². The fourth-order valence-corrected chi connectivity index (χ4v) is 1.96. The van der Waals surface area contributed by atoms with Crippen molar-refractivity contribution in [3.05, 3.63) is 40.4 Å². The summed E-state index contributed by atoms with van der Waals surface area (Å²) in [6.07, 6.45) is 2.98. The highest BCUT2D eigenvalue weighted by molar-refractivity contribution is 7.71. The second kappa shape index (κ2) is 6.35. The third-order valence-corrected chi connectivity index (χ3v) is 2.86. The first-order valence-electron chi connectivity index (χ1n) is 6.13. The molecule has 0 aliphatic carbocycles. The van der Waals surface area contributed by atoms with Crippen molar-refractivity contribution >= 4 is 12.2 Å². The number of aromatic amines is 2. The second-order valence-electron chi connectivity index (χ2n) is 4.04. The van der Waals surface area contributed by atoms with Crippen LogP contribution in [-0.4, -0.2) is 21.8 Å². The third-order valence-electron chi connectivity index (χ3n) is 2.66. The molecule has 5 heteroatoms. The molecule has 0 spiro atoms. The average Bonchev–Trinajstić information content (AvgIpc) is 2.78. The van der Waals surface area contributed by atoms with E-state index in [0.717, 1.165) is 30.8 Å². The van der Waals surface area contributed by atoms with E-state index in [1.807, 2.05) is 19.1 Å². The van der Waals surface area contributed by atoms with Gasteiger partial charge in [-0.3, -0.25) is 10.2 Å². The Morgan fingerprint density at radius 1 is 1.17 bits per heavy atom. The van der Waals surface area contributed by atoms with Crippen LogP contribution in [0.15, 0.2) is 24.3 Å². The summed E-state index contributed by atoms with van der Waals surface area (Å²) in [6.45, 7) is 2.69. The molecule has 18 heavy (non-hydrogen) atoms. The molecule has 0 saturated heterocycles. The summed E-state index contributed by atoms with van der Waals surface area (Å²) in [4.78, 5) is 4.16. The summed E-state index contributed by atoms with van der Waals surface area (Å²) in [6, 6.07) is 8.25. The molecule has 0 aliphatic heterocycles. The van der Waals surface area contributed by atoms with Crippen molar-refractivity contribution in [1.29, 1.82) is 0 Å². The number of nitrogens with zero attached hydrogens (tertiary/aromatic N) is 1. The number of rotatable bonds is 6. The molecule has 2 rings (SSSR count). The highest BCUT2D eigenvalue weighted by Gasteiger charge is 1.99. The maximum absolute atomic E-state index is 5.41. The lowest BCUT2D eigenvalue weighted by molar-refractivity contribution is 0.340. The summed E-state index contributed by atoms with van der Waals surface area (Å²) in [5.74, 6) is 1.85. The van der Waals surface area contributed by atoms with Crippen LogP contribution in [0.2, 0.25) is 0 Å². The van der Waals surface area contributed by atoms with E-state index in [-0.39, 0.29) is 0 Å². The molecule has 1 aromatic heterocycles. The minimum absolute atomic E-state index is 0.520. The van der Waals surface area contributed by atoms with Crippen molar-refractivity contribution in [3.63, 3.8) is 0 Å². The Morgan fingerprint density at radius 3 is 2.56 bits per heavy atom. The average molecular weight is 263 g/mol. The van der Waals surface area contributed by atoms with Crippen LogP contribution in [0.1, 0.15) is 24.7 Å². The van der Waals surface area contributed by atoms with Crippen LogP contribution in [-0.2, 0) is 12.8 Å². The lowest BCUT2D eigenvalue weighted by atomic mass is 10.1. The third kappa shape index (κ3) is 3.70. The predicted molar refractivity (Wildman–Crippen MR) is 73.4 cm³/mol. The molecule has 1 aromatic carbocycles. The molecule has 0 aliphatic rings. The number of H-pyrrole nitrogens is 2. The van der Waals surface area contributed by atoms with Gasteiger partial charge in [0.2, 0.25) is 4.77 Å². The van der Waals surface area contributed by atoms with Gasteiger partial charge in [0.05, 0.1) is 6.61 Å². The monoisotopic (exact) mass is 263 g/mol. The molecule has 0 fully saturated rings. The zero-order chi connectivity index (χ0) is 12.8. The van der Waals surface area contributed by atoms with Gasteiger partial charge in [-0.05, 0) is 49.7 Å². The van der Waals surface area contributed by atoms with Crippen LogP contribution in [0.3, 0.4) is 0 Å². The quantitative estimate of drug-likeness (QED) is 0.788. The summed E-state index contributed by atoms with van der Waals surface area (Å²) >= 11 is 4.90. The lowest BCUT2D eigenvalue weighted by Crippen LogP contribution is -1.94. The fraction of sp³-hybridized carbons (Fsp3) is 0.385. The van der Waals surface area contributed by atoms with Crippen molar-refractivity contribution in [2.24, 2.45) is 0 Å². The Balaban J connectivity index is 1.81. The van der Waals surface area contributed by atoms with E-state index in [2.05, 4.69) is 27.3 Å². The van der Waals surface area contributed by atoms with Crippen molar-refractivity contribution in [2.45, 2.75) is 26.2 Å². The summed E-state index contributed by atoms with van der Waals surface area (Å²) < 4.78 is 5.93. The van der Waals surface area contributed by atoms with Crippen LogP contribution in [0, 0.1) is 4.77 Å². The van der Waals surface area contributed by atoms with E-state index in [0.29, 0.717) is 11.4 Å². The van der Waals surface area contributed by atoms with Crippen molar-refractivity contribution in [2.75, 3.05) is 6.61 Å². The molecule has 4 nitrogen and oxygen atoms in total. The zero-order valence-electron chi connectivity index (χ0n) is 10.4. The number of hydrogen-bond acceptors (Lipinski definition) is 3. The maximum Gasteiger partial charge on any atom is 0.213 e. The molecule has 0 unspecified atom stereocenters. The Hall–Kier alpha value is -1.62. The van der Waals surface area contributed by atoms with Gasteiger partial charge in [-0.15, -0.1) is 0 Å². The van der Waals surface area contributed by atoms with Crippen molar-refractivity contribution in [1.82, 2.24) is 15.2 Å². The van der Waals surface area contributed by atoms with Gasteiger partial charge in [-0.2, -0.15) is 0 Å². The van der Waals surface area contributed by atoms with Crippen molar-refractivity contribution in [3.8, 4) is 5.75 Å². The van der Waals surface area contributed by atoms with Gasteiger partial charge in [0.1, 0.15) is 11.6 Å². The first kappa shape index (κ1) is 12.8. The maximum atomic E-state index is 5.41. The number of ether oxygens (including phenoxy) is 1. The topological polar surface area (TPSA) is 53.7 Å². The van der Waals surface area contributed by atoms with Crippen LogP contribution >= 0.6 is 12.2 Å². The van der Waals surface area contributed by atoms with Gasteiger partial charge >= 0.3 is 0 Å². The van der Waals surface area contributed by atoms with Gasteiger partial charge in [0.25, 0.3) is 0 Å². The minimum atomic E-state index is 0.520. The highest BCUT2D eigenvalue weighted by atomic mass is 32.1. The Kier molecular flexibility index (Phi) is 4.52. The molecule has 1 heterocycles. The summed E-state index contributed by atoms with van der Waals surface area (Å²) in [5.41, 5.74) is 1.31. The fourth-order valence-electron chi connectivity index (χ4n) is 1.80. The molecule has 0 radical (unpaired) electrons. The van der Waals surface area contributed by atoms with Gasteiger partial charge in [-0.1, -0.05) is 12.1 Å². The number of nitrogens with one attached hydrogen (secondary N) is 2. The van der Waals surface area contributed by atoms with Crippen LogP contribution in [0.5, 0.6) is 5.75 Å². The summed E-state index contributed by atoms with van der Waals surface area (Å²) in [7, 11) is 0. The van der Waals surface area contributed by atoms with E-state index in [9.17, 15) is 0 Å². The normalized spacial score (nSPS) is 10.5. The molecule has 0 saturated carbocycles. The van der Waals surface area contributed by atoms with E-state index in [1.165, 1.54) is 5.56 Å². The van der Waals surface area contributed by atoms with Crippen LogP contribution < -0.4 is 4.74 Å². The molecule has 2 N–H and O–H groups in total. The smallest absolute Gasteiger partial charge is 0.213 e. The first-order chi connectivity index (χ1) is 8.78. The Bertz CT molecular complexity index is 530. The van der Waals surface area contributed by atoms with Gasteiger partial charge in [0.15, 0.2) is 0 Å². The predicted octanol–water partition coefficient (Wildman–Crippen LogP) is 3.04. The molecule has 0 atom stereocenters. The molecular weight excluding hydrogens is 246 g/mol. The molecule has 2 aromatic rings. The minimum Gasteiger partial charge on any atom is -0.494 e. The van der Waals surface area contributed by atoms with Gasteiger partial charge in [-0.25, -0.2) is 4.98 Å². The number of aryl methyl sites for hydroxylation is 2. The van der Waals surface area contributed by atoms with E-state index in [1.54, 1.807) is 0 Å². The van der Waals surface area contributed by atoms with Gasteiger partial charge < -0.3 is 4.74 Å². The number of aromatic nitrogens is 3. The lowest BCUT2D eigenvalue weighted by Gasteiger charge is -2.04. The van der Waals surface area contributed by atoms with Gasteiger partial charge in [0, 0.05) is 6.42 Å². The van der Waals surface area contributed by atoms with E-state index < -0.39 is 0 Å². The van der Waals surface area contributed by atoms with E-state index >= 15 is 0 Å². The SMILES string of the molecule is CCOc1ccc(CCCc2nc(=S)[nH][nH]2)cc1. The van der Waals surface area contributed by atoms with Crippen LogP contribution in [0.25, 0.3) is 0 Å². The molecule has 96 valence electrons. The van der Waals surface area contributed by atoms with Crippen LogP contribution in [0.4, 0.5) is 0 Å². The molecule has 0 bridgehead atoms. The number of hydrogen-bond donors (Lipinski definition) is 2. The largest absolute Gasteiger partial charge is 0.494 e. The second-order valence-corrected chi connectivity index (χ2v) is 4.43. The summed E-state index contributed by atoms with van der Waals surface area (Å²) in [5, 5.41) is 5.76. The van der Waals surface area contributed by atoms with E-state index in [4.69, 9.17) is 17.0 Å². The molecular formula is C13H17N3OS. The standard InChI is InChI=1S/C13H17N3OS/c1-2-17-11-8-6-10(7-9-11)4-3-5-12-14-13(18)16-15-12/h6-9H,2-5H2,1H3,(H2,14,15,16,18). The number of benzene rings is 1. The first-order valence-corrected chi connectivity index (χ1v) is 6.54. The Morgan fingerprint density at radius 2 is 1.94 bits per heavy atom. The molecule has 0 amide bonds. The highest BCUT2D eigenvalue weighted by Crippen LogP contribution is 2.13. The van der Waals surface area contributed by atoms with Crippen molar-refractivity contribution < 1.29 is 4.74 Å².